The zero-order valence-electron chi connectivity index (χ0n) is 12.0. The van der Waals surface area contributed by atoms with Crippen molar-refractivity contribution in [2.45, 2.75) is 42.9 Å². The molecule has 0 aliphatic carbocycles. The van der Waals surface area contributed by atoms with E-state index in [-0.39, 0.29) is 0 Å². The second-order valence-electron chi connectivity index (χ2n) is 4.97. The zero-order valence-corrected chi connectivity index (χ0v) is 16.1. The second kappa shape index (κ2) is 8.31. The van der Waals surface area contributed by atoms with Crippen LogP contribution in [-0.4, -0.2) is 32.5 Å². The highest BCUT2D eigenvalue weighted by atomic mass is 79.9. The molecule has 2 N–H and O–H groups in total. The molecule has 120 valence electrons. The number of thioether (sulfide) groups is 1. The predicted molar refractivity (Wildman–Crippen MR) is 94.7 cm³/mol. The van der Waals surface area contributed by atoms with Crippen molar-refractivity contribution >= 4 is 49.1 Å². The Kier molecular flexibility index (Phi) is 7.02. The van der Waals surface area contributed by atoms with E-state index in [4.69, 9.17) is 0 Å². The molecule has 1 fully saturated rings. The van der Waals surface area contributed by atoms with Crippen LogP contribution in [0.3, 0.4) is 0 Å². The summed E-state index contributed by atoms with van der Waals surface area (Å²) in [5, 5.41) is 3.62. The number of rotatable bonds is 7. The van der Waals surface area contributed by atoms with Crippen LogP contribution in [0, 0.1) is 0 Å². The van der Waals surface area contributed by atoms with Gasteiger partial charge in [0.15, 0.2) is 0 Å². The average Bonchev–Trinajstić information content (AvgIpc) is 2.86. The molecule has 1 aliphatic heterocycles. The van der Waals surface area contributed by atoms with Crippen molar-refractivity contribution in [2.75, 3.05) is 18.8 Å². The summed E-state index contributed by atoms with van der Waals surface area (Å²) in [7, 11) is -3.42. The molecule has 0 bridgehead atoms. The van der Waals surface area contributed by atoms with Gasteiger partial charge in [0.2, 0.25) is 10.0 Å². The van der Waals surface area contributed by atoms with Gasteiger partial charge in [-0.2, -0.15) is 11.8 Å². The summed E-state index contributed by atoms with van der Waals surface area (Å²) in [6.45, 7) is 4.13. The number of thiophene rings is 1. The summed E-state index contributed by atoms with van der Waals surface area (Å²) in [5.41, 5.74) is 0. The van der Waals surface area contributed by atoms with E-state index in [1.165, 1.54) is 24.2 Å². The Morgan fingerprint density at radius 1 is 1.43 bits per heavy atom. The van der Waals surface area contributed by atoms with Crippen LogP contribution in [0.25, 0.3) is 0 Å². The van der Waals surface area contributed by atoms with Crippen LogP contribution >= 0.6 is 39.0 Å². The maximum atomic E-state index is 12.4. The summed E-state index contributed by atoms with van der Waals surface area (Å²) in [6, 6.07) is 1.76. The molecule has 0 saturated carbocycles. The Morgan fingerprint density at radius 2 is 2.24 bits per heavy atom. The molecule has 2 heterocycles. The van der Waals surface area contributed by atoms with Crippen LogP contribution in [0.15, 0.2) is 14.7 Å². The minimum atomic E-state index is -3.42. The van der Waals surface area contributed by atoms with Gasteiger partial charge in [-0.15, -0.1) is 11.3 Å². The van der Waals surface area contributed by atoms with Crippen LogP contribution in [0.2, 0.25) is 0 Å². The van der Waals surface area contributed by atoms with Gasteiger partial charge in [-0.05, 0) is 47.1 Å². The number of halogens is 1. The van der Waals surface area contributed by atoms with Crippen molar-refractivity contribution in [1.82, 2.24) is 10.0 Å². The SMILES string of the molecule is CCNCc1cc(S(=O)(=O)NCC2CCCCS2)c(Br)s1. The lowest BCUT2D eigenvalue weighted by Gasteiger charge is -2.21. The van der Waals surface area contributed by atoms with E-state index in [0.29, 0.717) is 27.0 Å². The van der Waals surface area contributed by atoms with Crippen molar-refractivity contribution in [2.24, 2.45) is 0 Å². The van der Waals surface area contributed by atoms with E-state index >= 15 is 0 Å². The van der Waals surface area contributed by atoms with E-state index in [0.717, 1.165) is 23.6 Å². The highest BCUT2D eigenvalue weighted by Crippen LogP contribution is 2.32. The molecule has 2 rings (SSSR count). The first-order valence-corrected chi connectivity index (χ1v) is 11.3. The Morgan fingerprint density at radius 3 is 2.90 bits per heavy atom. The van der Waals surface area contributed by atoms with E-state index in [1.807, 2.05) is 18.7 Å². The molecule has 4 nitrogen and oxygen atoms in total. The highest BCUT2D eigenvalue weighted by Gasteiger charge is 2.23. The number of hydrogen-bond donors (Lipinski definition) is 2. The van der Waals surface area contributed by atoms with Gasteiger partial charge in [-0.3, -0.25) is 0 Å². The first-order valence-electron chi connectivity index (χ1n) is 7.13. The van der Waals surface area contributed by atoms with Gasteiger partial charge in [0, 0.05) is 23.2 Å². The lowest BCUT2D eigenvalue weighted by molar-refractivity contribution is 0.573. The van der Waals surface area contributed by atoms with Crippen molar-refractivity contribution in [1.29, 1.82) is 0 Å². The Bertz CT molecular complexity index is 554. The molecule has 0 radical (unpaired) electrons. The Balaban J connectivity index is 1.99. The third kappa shape index (κ3) is 5.21. The van der Waals surface area contributed by atoms with Crippen LogP contribution in [0.4, 0.5) is 0 Å². The van der Waals surface area contributed by atoms with E-state index in [1.54, 1.807) is 6.07 Å². The molecule has 0 aromatic carbocycles. The largest absolute Gasteiger partial charge is 0.312 e. The molecule has 1 aromatic rings. The molecule has 1 unspecified atom stereocenters. The van der Waals surface area contributed by atoms with Crippen LogP contribution in [0.1, 0.15) is 31.1 Å². The number of sulfonamides is 1. The molecular formula is C13H21BrN2O2S3. The molecule has 1 saturated heterocycles. The lowest BCUT2D eigenvalue weighted by Crippen LogP contribution is -2.31. The minimum Gasteiger partial charge on any atom is -0.312 e. The maximum Gasteiger partial charge on any atom is 0.242 e. The predicted octanol–water partition coefficient (Wildman–Crippen LogP) is 3.18. The third-order valence-corrected chi connectivity index (χ3v) is 8.39. The molecule has 8 heteroatoms. The van der Waals surface area contributed by atoms with Crippen molar-refractivity contribution in [3.8, 4) is 0 Å². The number of nitrogens with one attached hydrogen (secondary N) is 2. The van der Waals surface area contributed by atoms with Crippen LogP contribution in [-0.2, 0) is 16.6 Å². The molecule has 1 atom stereocenters. The normalized spacial score (nSPS) is 19.8. The monoisotopic (exact) mass is 412 g/mol. The van der Waals surface area contributed by atoms with Crippen molar-refractivity contribution < 1.29 is 8.42 Å². The molecule has 1 aliphatic rings. The summed E-state index contributed by atoms with van der Waals surface area (Å²) in [5.74, 6) is 1.14. The van der Waals surface area contributed by atoms with Crippen molar-refractivity contribution in [3.05, 3.63) is 14.7 Å². The fourth-order valence-electron chi connectivity index (χ4n) is 2.17. The fraction of sp³-hybridized carbons (Fsp3) is 0.692. The highest BCUT2D eigenvalue weighted by molar-refractivity contribution is 9.11. The Labute approximate surface area is 143 Å². The summed E-state index contributed by atoms with van der Waals surface area (Å²) >= 11 is 6.72. The van der Waals surface area contributed by atoms with Gasteiger partial charge in [0.25, 0.3) is 0 Å². The minimum absolute atomic E-state index is 0.362. The first-order chi connectivity index (χ1) is 10.0. The topological polar surface area (TPSA) is 58.2 Å². The summed E-state index contributed by atoms with van der Waals surface area (Å²) in [4.78, 5) is 1.39. The fourth-order valence-corrected chi connectivity index (χ4v) is 7.24. The molecule has 1 aromatic heterocycles. The lowest BCUT2D eigenvalue weighted by atomic mass is 10.2. The van der Waals surface area contributed by atoms with Gasteiger partial charge >= 0.3 is 0 Å². The molecule has 0 spiro atoms. The smallest absolute Gasteiger partial charge is 0.242 e. The quantitative estimate of drug-likeness (QED) is 0.721. The van der Waals surface area contributed by atoms with E-state index in [9.17, 15) is 8.42 Å². The third-order valence-electron chi connectivity index (χ3n) is 3.32. The maximum absolute atomic E-state index is 12.4. The van der Waals surface area contributed by atoms with Crippen molar-refractivity contribution in [3.63, 3.8) is 0 Å². The summed E-state index contributed by atoms with van der Waals surface area (Å²) in [6.07, 6.45) is 3.55. The van der Waals surface area contributed by atoms with E-state index < -0.39 is 10.0 Å². The Hall–Kier alpha value is 0.400. The van der Waals surface area contributed by atoms with Gasteiger partial charge in [-0.25, -0.2) is 13.1 Å². The second-order valence-corrected chi connectivity index (χ2v) is 10.6. The van der Waals surface area contributed by atoms with Crippen LogP contribution < -0.4 is 10.0 Å². The van der Waals surface area contributed by atoms with Gasteiger partial charge in [0.05, 0.1) is 3.79 Å². The van der Waals surface area contributed by atoms with Crippen LogP contribution in [0.5, 0.6) is 0 Å². The van der Waals surface area contributed by atoms with Gasteiger partial charge < -0.3 is 5.32 Å². The summed E-state index contributed by atoms with van der Waals surface area (Å²) < 4.78 is 28.3. The zero-order chi connectivity index (χ0) is 15.3. The number of hydrogen-bond acceptors (Lipinski definition) is 5. The molecule has 21 heavy (non-hydrogen) atoms. The van der Waals surface area contributed by atoms with Gasteiger partial charge in [-0.1, -0.05) is 13.3 Å². The first kappa shape index (κ1) is 17.7. The van der Waals surface area contributed by atoms with Gasteiger partial charge in [0.1, 0.15) is 4.90 Å². The molecule has 0 amide bonds. The molecular weight excluding hydrogens is 392 g/mol. The van der Waals surface area contributed by atoms with E-state index in [2.05, 4.69) is 26.0 Å². The average molecular weight is 413 g/mol. The standard InChI is InChI=1S/C13H21BrN2O2S3/c1-2-15-8-11-7-12(13(14)20-11)21(17,18)16-9-10-5-3-4-6-19-10/h7,10,15-16H,2-6,8-9H2,1H3.